The van der Waals surface area contributed by atoms with Crippen LogP contribution in [0.25, 0.3) is 0 Å². The Labute approximate surface area is 130 Å². The molecule has 0 unspecified atom stereocenters. The molecule has 1 fully saturated rings. The van der Waals surface area contributed by atoms with Crippen LogP contribution in [0, 0.1) is 0 Å². The maximum atomic E-state index is 12.2. The number of nitrogens with one attached hydrogen (secondary N) is 1. The largest absolute Gasteiger partial charge is 0.345 e. The summed E-state index contributed by atoms with van der Waals surface area (Å²) in [5, 5.41) is 7.11. The monoisotopic (exact) mass is 299 g/mol. The fourth-order valence-electron chi connectivity index (χ4n) is 2.98. The molecule has 0 radical (unpaired) electrons. The van der Waals surface area contributed by atoms with Crippen LogP contribution in [0.5, 0.6) is 0 Å². The molecule has 1 atom stereocenters. The van der Waals surface area contributed by atoms with Crippen molar-refractivity contribution in [2.75, 3.05) is 27.2 Å². The molecule has 116 valence electrons. The molecule has 0 spiro atoms. The van der Waals surface area contributed by atoms with Crippen molar-refractivity contribution in [2.45, 2.75) is 18.9 Å². The van der Waals surface area contributed by atoms with E-state index in [1.54, 1.807) is 31.4 Å². The van der Waals surface area contributed by atoms with Crippen molar-refractivity contribution in [2.24, 2.45) is 0 Å². The molecule has 3 rings (SSSR count). The minimum absolute atomic E-state index is 0.00876. The maximum absolute atomic E-state index is 12.2. The Hall–Kier alpha value is -2.21. The predicted molar refractivity (Wildman–Crippen MR) is 83.5 cm³/mol. The molecule has 2 aromatic rings. The minimum Gasteiger partial charge on any atom is -0.345 e. The highest BCUT2D eigenvalue weighted by Gasteiger charge is 2.29. The number of carbonyl (C=O) groups is 1. The molecule has 1 aliphatic rings. The molecule has 1 saturated heterocycles. The van der Waals surface area contributed by atoms with Crippen molar-refractivity contribution in [1.82, 2.24) is 25.0 Å². The predicted octanol–water partition coefficient (Wildman–Crippen LogP) is 1.50. The van der Waals surface area contributed by atoms with Crippen molar-refractivity contribution in [3.05, 3.63) is 47.5 Å². The lowest BCUT2D eigenvalue weighted by Crippen LogP contribution is -2.24. The van der Waals surface area contributed by atoms with E-state index in [4.69, 9.17) is 0 Å². The molecule has 2 aromatic heterocycles. The highest BCUT2D eigenvalue weighted by Crippen LogP contribution is 2.29. The summed E-state index contributed by atoms with van der Waals surface area (Å²) in [6.45, 7) is 2.86. The van der Waals surface area contributed by atoms with Crippen LogP contribution < -0.4 is 0 Å². The van der Waals surface area contributed by atoms with Gasteiger partial charge >= 0.3 is 0 Å². The number of amides is 1. The normalized spacial score (nSPS) is 18.5. The highest BCUT2D eigenvalue weighted by molar-refractivity contribution is 5.94. The lowest BCUT2D eigenvalue weighted by molar-refractivity contribution is 0.0826. The smallest absolute Gasteiger partial charge is 0.256 e. The van der Waals surface area contributed by atoms with Gasteiger partial charge in [0.15, 0.2) is 0 Å². The summed E-state index contributed by atoms with van der Waals surface area (Å²) >= 11 is 0. The van der Waals surface area contributed by atoms with Crippen LogP contribution >= 0.6 is 0 Å². The Kier molecular flexibility index (Phi) is 4.20. The second kappa shape index (κ2) is 6.27. The number of aromatic nitrogens is 3. The molecular weight excluding hydrogens is 278 g/mol. The molecule has 22 heavy (non-hydrogen) atoms. The second-order valence-corrected chi connectivity index (χ2v) is 5.98. The SMILES string of the molecule is CN(C)C(=O)c1cn[nH]c1[C@H]1CCN(Cc2cccnc2)C1. The van der Waals surface area contributed by atoms with Crippen LogP contribution in [0.15, 0.2) is 30.7 Å². The second-order valence-electron chi connectivity index (χ2n) is 5.98. The molecule has 0 bridgehead atoms. The van der Waals surface area contributed by atoms with E-state index in [1.807, 2.05) is 12.3 Å². The molecule has 1 amide bonds. The van der Waals surface area contributed by atoms with Gasteiger partial charge in [-0.05, 0) is 24.6 Å². The summed E-state index contributed by atoms with van der Waals surface area (Å²) < 4.78 is 0. The van der Waals surface area contributed by atoms with Gasteiger partial charge in [0.05, 0.1) is 17.5 Å². The highest BCUT2D eigenvalue weighted by atomic mass is 16.2. The van der Waals surface area contributed by atoms with Gasteiger partial charge in [0, 0.05) is 45.5 Å². The number of aromatic amines is 1. The average Bonchev–Trinajstić information content (AvgIpc) is 3.16. The molecule has 0 saturated carbocycles. The van der Waals surface area contributed by atoms with Gasteiger partial charge in [-0.2, -0.15) is 5.10 Å². The number of H-pyrrole nitrogens is 1. The first-order chi connectivity index (χ1) is 10.6. The van der Waals surface area contributed by atoms with Gasteiger partial charge in [-0.15, -0.1) is 0 Å². The van der Waals surface area contributed by atoms with E-state index in [1.165, 1.54) is 5.56 Å². The Morgan fingerprint density at radius 3 is 3.05 bits per heavy atom. The van der Waals surface area contributed by atoms with Gasteiger partial charge in [-0.1, -0.05) is 6.07 Å². The van der Waals surface area contributed by atoms with Crippen LogP contribution in [0.1, 0.15) is 34.0 Å². The van der Waals surface area contributed by atoms with Gasteiger partial charge < -0.3 is 4.90 Å². The Balaban J connectivity index is 1.68. The van der Waals surface area contributed by atoms with E-state index in [9.17, 15) is 4.79 Å². The zero-order valence-electron chi connectivity index (χ0n) is 13.0. The van der Waals surface area contributed by atoms with Gasteiger partial charge in [-0.3, -0.25) is 19.8 Å². The minimum atomic E-state index is 0.00876. The molecule has 3 heterocycles. The molecular formula is C16H21N5O. The van der Waals surface area contributed by atoms with Crippen molar-refractivity contribution in [1.29, 1.82) is 0 Å². The summed E-state index contributed by atoms with van der Waals surface area (Å²) in [5.41, 5.74) is 2.88. The molecule has 1 aliphatic heterocycles. The van der Waals surface area contributed by atoms with Crippen molar-refractivity contribution >= 4 is 5.91 Å². The summed E-state index contributed by atoms with van der Waals surface area (Å²) in [5.74, 6) is 0.340. The molecule has 6 heteroatoms. The number of rotatable bonds is 4. The fourth-order valence-corrected chi connectivity index (χ4v) is 2.98. The molecule has 0 aromatic carbocycles. The van der Waals surface area contributed by atoms with Crippen LogP contribution in [0.2, 0.25) is 0 Å². The number of hydrogen-bond acceptors (Lipinski definition) is 4. The summed E-state index contributed by atoms with van der Waals surface area (Å²) in [6.07, 6.45) is 6.38. The van der Waals surface area contributed by atoms with Gasteiger partial charge in [0.1, 0.15) is 0 Å². The number of likely N-dealkylation sites (tertiary alicyclic amines) is 1. The topological polar surface area (TPSA) is 65.1 Å². The van der Waals surface area contributed by atoms with Crippen molar-refractivity contribution < 1.29 is 4.79 Å². The standard InChI is InChI=1S/C16H21N5O/c1-20(2)16(22)14-9-18-19-15(14)13-5-7-21(11-13)10-12-4-3-6-17-8-12/h3-4,6,8-9,13H,5,7,10-11H2,1-2H3,(H,18,19)/t13-/m0/s1. The zero-order chi connectivity index (χ0) is 15.5. The van der Waals surface area contributed by atoms with E-state index < -0.39 is 0 Å². The first-order valence-electron chi connectivity index (χ1n) is 7.51. The third-order valence-electron chi connectivity index (χ3n) is 4.12. The van der Waals surface area contributed by atoms with Gasteiger partial charge in [0.25, 0.3) is 5.91 Å². The molecule has 1 N–H and O–H groups in total. The van der Waals surface area contributed by atoms with Crippen LogP contribution in [-0.4, -0.2) is 58.1 Å². The summed E-state index contributed by atoms with van der Waals surface area (Å²) in [7, 11) is 3.53. The van der Waals surface area contributed by atoms with Crippen LogP contribution in [-0.2, 0) is 6.54 Å². The van der Waals surface area contributed by atoms with Crippen molar-refractivity contribution in [3.8, 4) is 0 Å². The first-order valence-corrected chi connectivity index (χ1v) is 7.51. The number of hydrogen-bond donors (Lipinski definition) is 1. The van der Waals surface area contributed by atoms with E-state index in [2.05, 4.69) is 26.1 Å². The van der Waals surface area contributed by atoms with Crippen LogP contribution in [0.3, 0.4) is 0 Å². The molecule has 0 aliphatic carbocycles. The van der Waals surface area contributed by atoms with Gasteiger partial charge in [0.2, 0.25) is 0 Å². The lowest BCUT2D eigenvalue weighted by atomic mass is 10.0. The average molecular weight is 299 g/mol. The van der Waals surface area contributed by atoms with E-state index in [0.29, 0.717) is 11.5 Å². The number of carbonyl (C=O) groups excluding carboxylic acids is 1. The fraction of sp³-hybridized carbons (Fsp3) is 0.438. The number of nitrogens with zero attached hydrogens (tertiary/aromatic N) is 4. The molecule has 6 nitrogen and oxygen atoms in total. The quantitative estimate of drug-likeness (QED) is 0.929. The third kappa shape index (κ3) is 3.01. The van der Waals surface area contributed by atoms with Gasteiger partial charge in [-0.25, -0.2) is 0 Å². The van der Waals surface area contributed by atoms with Crippen molar-refractivity contribution in [3.63, 3.8) is 0 Å². The van der Waals surface area contributed by atoms with E-state index >= 15 is 0 Å². The van der Waals surface area contributed by atoms with E-state index in [-0.39, 0.29) is 5.91 Å². The lowest BCUT2D eigenvalue weighted by Gasteiger charge is -2.16. The Bertz CT molecular complexity index is 637. The third-order valence-corrected chi connectivity index (χ3v) is 4.12. The Morgan fingerprint density at radius 1 is 1.45 bits per heavy atom. The van der Waals surface area contributed by atoms with E-state index in [0.717, 1.165) is 31.7 Å². The van der Waals surface area contributed by atoms with Crippen LogP contribution in [0.4, 0.5) is 0 Å². The summed E-state index contributed by atoms with van der Waals surface area (Å²) in [4.78, 5) is 20.3. The first kappa shape index (κ1) is 14.7. The Morgan fingerprint density at radius 2 is 2.32 bits per heavy atom. The summed E-state index contributed by atoms with van der Waals surface area (Å²) in [6, 6.07) is 4.06. The number of pyridine rings is 1. The maximum Gasteiger partial charge on any atom is 0.256 e. The zero-order valence-corrected chi connectivity index (χ0v) is 13.0.